The number of ether oxygens (including phenoxy) is 1. The Hall–Kier alpha value is -3.40. The molecule has 4 heteroatoms. The Morgan fingerprint density at radius 1 is 0.769 bits per heavy atom. The van der Waals surface area contributed by atoms with Crippen molar-refractivity contribution in [1.82, 2.24) is 10.2 Å². The Kier molecular flexibility index (Phi) is 4.48. The molecule has 128 valence electrons. The number of hydrogen-bond donors (Lipinski definition) is 0. The summed E-state index contributed by atoms with van der Waals surface area (Å²) in [6.07, 6.45) is 0. The maximum absolute atomic E-state index is 6.00. The second kappa shape index (κ2) is 7.23. The molecule has 0 atom stereocenters. The van der Waals surface area contributed by atoms with E-state index >= 15 is 0 Å². The summed E-state index contributed by atoms with van der Waals surface area (Å²) in [6, 6.07) is 25.7. The van der Waals surface area contributed by atoms with Crippen molar-refractivity contribution in [2.75, 3.05) is 0 Å². The van der Waals surface area contributed by atoms with Crippen molar-refractivity contribution in [2.24, 2.45) is 0 Å². The van der Waals surface area contributed by atoms with Crippen LogP contribution in [0.3, 0.4) is 0 Å². The van der Waals surface area contributed by atoms with Gasteiger partial charge in [0.2, 0.25) is 5.89 Å². The zero-order valence-corrected chi connectivity index (χ0v) is 14.4. The van der Waals surface area contributed by atoms with Crippen molar-refractivity contribution in [1.29, 1.82) is 0 Å². The van der Waals surface area contributed by atoms with Crippen LogP contribution in [-0.2, 0) is 6.61 Å². The summed E-state index contributed by atoms with van der Waals surface area (Å²) < 4.78 is 11.9. The van der Waals surface area contributed by atoms with Crippen LogP contribution in [0.2, 0.25) is 0 Å². The molecule has 4 nitrogen and oxygen atoms in total. The van der Waals surface area contributed by atoms with Crippen LogP contribution < -0.4 is 4.74 Å². The fourth-order valence-corrected chi connectivity index (χ4v) is 2.64. The van der Waals surface area contributed by atoms with E-state index in [2.05, 4.69) is 41.4 Å². The number of aryl methyl sites for hydroxylation is 1. The highest BCUT2D eigenvalue weighted by Crippen LogP contribution is 2.31. The van der Waals surface area contributed by atoms with E-state index in [1.54, 1.807) is 0 Å². The molecule has 0 N–H and O–H groups in total. The van der Waals surface area contributed by atoms with Crippen molar-refractivity contribution in [2.45, 2.75) is 13.5 Å². The highest BCUT2D eigenvalue weighted by Gasteiger charge is 2.14. The molecule has 0 saturated heterocycles. The van der Waals surface area contributed by atoms with Gasteiger partial charge in [0.05, 0.1) is 5.56 Å². The average molecular weight is 342 g/mol. The topological polar surface area (TPSA) is 48.2 Å². The van der Waals surface area contributed by atoms with E-state index in [1.807, 2.05) is 54.6 Å². The molecule has 0 aliphatic carbocycles. The average Bonchev–Trinajstić information content (AvgIpc) is 3.19. The lowest BCUT2D eigenvalue weighted by Crippen LogP contribution is -1.97. The Bertz CT molecular complexity index is 992. The van der Waals surface area contributed by atoms with Gasteiger partial charge in [0.1, 0.15) is 12.4 Å². The monoisotopic (exact) mass is 342 g/mol. The fourth-order valence-electron chi connectivity index (χ4n) is 2.64. The van der Waals surface area contributed by atoms with E-state index in [1.165, 1.54) is 5.56 Å². The summed E-state index contributed by atoms with van der Waals surface area (Å²) in [5.41, 5.74) is 4.02. The van der Waals surface area contributed by atoms with Crippen LogP contribution in [-0.4, -0.2) is 10.2 Å². The zero-order valence-electron chi connectivity index (χ0n) is 14.4. The Morgan fingerprint density at radius 2 is 1.46 bits per heavy atom. The van der Waals surface area contributed by atoms with E-state index in [0.717, 1.165) is 22.4 Å². The third-order valence-electron chi connectivity index (χ3n) is 4.08. The highest BCUT2D eigenvalue weighted by atomic mass is 16.5. The third kappa shape index (κ3) is 3.49. The SMILES string of the molecule is Cc1ccc(COc2ccccc2-c2nnc(-c3ccccc3)o2)cc1. The molecule has 4 rings (SSSR count). The minimum Gasteiger partial charge on any atom is -0.488 e. The first-order valence-electron chi connectivity index (χ1n) is 8.46. The normalized spacial score (nSPS) is 10.7. The summed E-state index contributed by atoms with van der Waals surface area (Å²) >= 11 is 0. The molecule has 0 amide bonds. The number of nitrogens with zero attached hydrogens (tertiary/aromatic N) is 2. The predicted molar refractivity (Wildman–Crippen MR) is 101 cm³/mol. The van der Waals surface area contributed by atoms with Crippen LogP contribution in [0.15, 0.2) is 83.3 Å². The van der Waals surface area contributed by atoms with Crippen molar-refractivity contribution in [3.63, 3.8) is 0 Å². The number of rotatable bonds is 5. The number of hydrogen-bond acceptors (Lipinski definition) is 4. The van der Waals surface area contributed by atoms with Gasteiger partial charge in [0, 0.05) is 5.56 Å². The van der Waals surface area contributed by atoms with Crippen LogP contribution in [0, 0.1) is 6.92 Å². The van der Waals surface area contributed by atoms with E-state index in [0.29, 0.717) is 18.4 Å². The summed E-state index contributed by atoms with van der Waals surface area (Å²) in [6.45, 7) is 2.55. The summed E-state index contributed by atoms with van der Waals surface area (Å²) in [5.74, 6) is 1.66. The Balaban J connectivity index is 1.58. The predicted octanol–water partition coefficient (Wildman–Crippen LogP) is 5.29. The van der Waals surface area contributed by atoms with Gasteiger partial charge in [-0.1, -0.05) is 60.2 Å². The van der Waals surface area contributed by atoms with Gasteiger partial charge in [-0.25, -0.2) is 0 Å². The first kappa shape index (κ1) is 16.1. The van der Waals surface area contributed by atoms with E-state index in [9.17, 15) is 0 Å². The first-order chi connectivity index (χ1) is 12.8. The lowest BCUT2D eigenvalue weighted by Gasteiger charge is -2.09. The van der Waals surface area contributed by atoms with Crippen LogP contribution in [0.25, 0.3) is 22.9 Å². The van der Waals surface area contributed by atoms with Gasteiger partial charge in [-0.05, 0) is 36.8 Å². The highest BCUT2D eigenvalue weighted by molar-refractivity contribution is 5.64. The van der Waals surface area contributed by atoms with Gasteiger partial charge < -0.3 is 9.15 Å². The van der Waals surface area contributed by atoms with Gasteiger partial charge in [0.25, 0.3) is 5.89 Å². The minimum absolute atomic E-state index is 0.448. The molecular formula is C22H18N2O2. The molecule has 26 heavy (non-hydrogen) atoms. The molecule has 3 aromatic carbocycles. The second-order valence-electron chi connectivity index (χ2n) is 6.05. The van der Waals surface area contributed by atoms with Gasteiger partial charge in [-0.2, -0.15) is 0 Å². The summed E-state index contributed by atoms with van der Waals surface area (Å²) in [7, 11) is 0. The maximum Gasteiger partial charge on any atom is 0.251 e. The Labute approximate surface area is 152 Å². The van der Waals surface area contributed by atoms with E-state index < -0.39 is 0 Å². The largest absolute Gasteiger partial charge is 0.488 e. The van der Waals surface area contributed by atoms with Crippen LogP contribution >= 0.6 is 0 Å². The van der Waals surface area contributed by atoms with E-state index in [-0.39, 0.29) is 0 Å². The molecule has 1 heterocycles. The number of aromatic nitrogens is 2. The zero-order chi connectivity index (χ0) is 17.8. The molecule has 0 aliphatic heterocycles. The van der Waals surface area contributed by atoms with Crippen molar-refractivity contribution >= 4 is 0 Å². The van der Waals surface area contributed by atoms with Gasteiger partial charge in [-0.15, -0.1) is 10.2 Å². The molecule has 4 aromatic rings. The molecule has 0 aliphatic rings. The Morgan fingerprint density at radius 3 is 2.27 bits per heavy atom. The van der Waals surface area contributed by atoms with Crippen LogP contribution in [0.4, 0.5) is 0 Å². The summed E-state index contributed by atoms with van der Waals surface area (Å²) in [4.78, 5) is 0. The molecule has 0 fully saturated rings. The van der Waals surface area contributed by atoms with Crippen LogP contribution in [0.5, 0.6) is 5.75 Å². The summed E-state index contributed by atoms with van der Waals surface area (Å²) in [5, 5.41) is 8.35. The molecule has 0 radical (unpaired) electrons. The molecule has 0 unspecified atom stereocenters. The van der Waals surface area contributed by atoms with Gasteiger partial charge >= 0.3 is 0 Å². The van der Waals surface area contributed by atoms with Gasteiger partial charge in [0.15, 0.2) is 0 Å². The smallest absolute Gasteiger partial charge is 0.251 e. The van der Waals surface area contributed by atoms with E-state index in [4.69, 9.17) is 9.15 Å². The lowest BCUT2D eigenvalue weighted by atomic mass is 10.1. The molecular weight excluding hydrogens is 324 g/mol. The fraction of sp³-hybridized carbons (Fsp3) is 0.0909. The third-order valence-corrected chi connectivity index (χ3v) is 4.08. The maximum atomic E-state index is 6.00. The molecule has 0 bridgehead atoms. The molecule has 0 saturated carbocycles. The lowest BCUT2D eigenvalue weighted by molar-refractivity contribution is 0.306. The molecule has 0 spiro atoms. The quantitative estimate of drug-likeness (QED) is 0.494. The number of benzene rings is 3. The number of para-hydroxylation sites is 1. The van der Waals surface area contributed by atoms with Crippen LogP contribution in [0.1, 0.15) is 11.1 Å². The minimum atomic E-state index is 0.448. The van der Waals surface area contributed by atoms with Crippen molar-refractivity contribution in [3.8, 4) is 28.7 Å². The standard InChI is InChI=1S/C22H18N2O2/c1-16-11-13-17(14-12-16)15-25-20-10-6-5-9-19(20)22-24-23-21(26-22)18-7-3-2-4-8-18/h2-14H,15H2,1H3. The molecule has 1 aromatic heterocycles. The first-order valence-corrected chi connectivity index (χ1v) is 8.46. The van der Waals surface area contributed by atoms with Crippen molar-refractivity contribution in [3.05, 3.63) is 90.0 Å². The second-order valence-corrected chi connectivity index (χ2v) is 6.05. The van der Waals surface area contributed by atoms with Gasteiger partial charge in [-0.3, -0.25) is 0 Å². The van der Waals surface area contributed by atoms with Crippen molar-refractivity contribution < 1.29 is 9.15 Å².